The number of hydrogen-bond acceptors (Lipinski definition) is 2. The number of benzene rings is 1. The van der Waals surface area contributed by atoms with E-state index in [1.165, 1.54) is 12.1 Å². The molecule has 0 saturated carbocycles. The second-order valence-electron chi connectivity index (χ2n) is 4.03. The molecule has 1 fully saturated rings. The molecule has 1 saturated heterocycles. The first-order valence-corrected chi connectivity index (χ1v) is 5.46. The predicted octanol–water partition coefficient (Wildman–Crippen LogP) is 1.26. The van der Waals surface area contributed by atoms with Crippen molar-refractivity contribution in [3.8, 4) is 0 Å². The normalized spacial score (nSPS) is 20.9. The summed E-state index contributed by atoms with van der Waals surface area (Å²) in [6, 6.07) is 6.24. The lowest BCUT2D eigenvalue weighted by Gasteiger charge is -2.34. The van der Waals surface area contributed by atoms with Gasteiger partial charge in [-0.25, -0.2) is 4.39 Å². The molecule has 2 rings (SSSR count). The monoisotopic (exact) mass is 222 g/mol. The molecule has 3 nitrogen and oxygen atoms in total. The van der Waals surface area contributed by atoms with Gasteiger partial charge in [0.25, 0.3) is 5.91 Å². The Labute approximate surface area is 94.3 Å². The molecule has 0 spiro atoms. The molecule has 1 heterocycles. The van der Waals surface area contributed by atoms with E-state index < -0.39 is 5.82 Å². The second kappa shape index (κ2) is 4.61. The van der Waals surface area contributed by atoms with Gasteiger partial charge in [-0.15, -0.1) is 0 Å². The molecule has 1 atom stereocenters. The van der Waals surface area contributed by atoms with Crippen LogP contribution in [0.5, 0.6) is 0 Å². The van der Waals surface area contributed by atoms with Crippen LogP contribution in [-0.2, 0) is 0 Å². The number of nitrogens with zero attached hydrogens (tertiary/aromatic N) is 1. The summed E-state index contributed by atoms with van der Waals surface area (Å²) in [6.45, 7) is 4.13. The summed E-state index contributed by atoms with van der Waals surface area (Å²) in [6.07, 6.45) is 0. The summed E-state index contributed by atoms with van der Waals surface area (Å²) in [5, 5.41) is 3.20. The van der Waals surface area contributed by atoms with Gasteiger partial charge in [0.05, 0.1) is 5.56 Å². The highest BCUT2D eigenvalue weighted by molar-refractivity contribution is 5.94. The fraction of sp³-hybridized carbons (Fsp3) is 0.417. The first-order chi connectivity index (χ1) is 7.70. The molecule has 4 heteroatoms. The average Bonchev–Trinajstić information content (AvgIpc) is 2.29. The quantitative estimate of drug-likeness (QED) is 0.776. The molecule has 1 aromatic rings. The summed E-state index contributed by atoms with van der Waals surface area (Å²) in [5.41, 5.74) is 0.163. The zero-order chi connectivity index (χ0) is 11.5. The number of rotatable bonds is 1. The average molecular weight is 222 g/mol. The molecule has 0 bridgehead atoms. The standard InChI is InChI=1S/C12H15FN2O/c1-9-8-14-6-7-15(9)12(16)10-4-2-3-5-11(10)13/h2-5,9,14H,6-8H2,1H3/t9-/m0/s1. The molecular weight excluding hydrogens is 207 g/mol. The van der Waals surface area contributed by atoms with Crippen LogP contribution in [0.2, 0.25) is 0 Å². The van der Waals surface area contributed by atoms with Crippen LogP contribution < -0.4 is 5.32 Å². The summed E-state index contributed by atoms with van der Waals surface area (Å²) in [5.74, 6) is -0.662. The number of hydrogen-bond donors (Lipinski definition) is 1. The van der Waals surface area contributed by atoms with Crippen molar-refractivity contribution >= 4 is 5.91 Å². The van der Waals surface area contributed by atoms with Crippen molar-refractivity contribution in [2.24, 2.45) is 0 Å². The molecular formula is C12H15FN2O. The molecule has 0 aliphatic carbocycles. The molecule has 0 aromatic heterocycles. The number of nitrogens with one attached hydrogen (secondary N) is 1. The maximum atomic E-state index is 13.5. The Morgan fingerprint density at radius 2 is 2.25 bits per heavy atom. The second-order valence-corrected chi connectivity index (χ2v) is 4.03. The molecule has 1 N–H and O–H groups in total. The number of amides is 1. The van der Waals surface area contributed by atoms with E-state index >= 15 is 0 Å². The van der Waals surface area contributed by atoms with E-state index in [1.807, 2.05) is 6.92 Å². The Hall–Kier alpha value is -1.42. The predicted molar refractivity (Wildman–Crippen MR) is 59.8 cm³/mol. The van der Waals surface area contributed by atoms with E-state index in [0.717, 1.165) is 13.1 Å². The lowest BCUT2D eigenvalue weighted by atomic mass is 10.1. The van der Waals surface area contributed by atoms with Gasteiger partial charge in [0.15, 0.2) is 0 Å². The van der Waals surface area contributed by atoms with Gasteiger partial charge in [0.2, 0.25) is 0 Å². The summed E-state index contributed by atoms with van der Waals surface area (Å²) in [4.78, 5) is 13.8. The molecule has 0 unspecified atom stereocenters. The highest BCUT2D eigenvalue weighted by Crippen LogP contribution is 2.13. The smallest absolute Gasteiger partial charge is 0.257 e. The maximum Gasteiger partial charge on any atom is 0.257 e. The molecule has 1 amide bonds. The number of halogens is 1. The number of piperazine rings is 1. The minimum absolute atomic E-state index is 0.112. The minimum atomic E-state index is -0.446. The first kappa shape index (κ1) is 11.1. The van der Waals surface area contributed by atoms with Crippen LogP contribution in [0, 0.1) is 5.82 Å². The van der Waals surface area contributed by atoms with Crippen LogP contribution >= 0.6 is 0 Å². The Morgan fingerprint density at radius 3 is 2.94 bits per heavy atom. The Balaban J connectivity index is 2.21. The lowest BCUT2D eigenvalue weighted by molar-refractivity contribution is 0.0651. The van der Waals surface area contributed by atoms with Crippen molar-refractivity contribution in [1.82, 2.24) is 10.2 Å². The van der Waals surface area contributed by atoms with E-state index in [4.69, 9.17) is 0 Å². The van der Waals surface area contributed by atoms with Crippen LogP contribution in [0.15, 0.2) is 24.3 Å². The molecule has 1 aromatic carbocycles. The van der Waals surface area contributed by atoms with Crippen molar-refractivity contribution < 1.29 is 9.18 Å². The van der Waals surface area contributed by atoms with Gasteiger partial charge in [-0.2, -0.15) is 0 Å². The summed E-state index contributed by atoms with van der Waals surface area (Å²) in [7, 11) is 0. The van der Waals surface area contributed by atoms with Crippen LogP contribution in [-0.4, -0.2) is 36.5 Å². The maximum absolute atomic E-state index is 13.5. The van der Waals surface area contributed by atoms with Crippen molar-refractivity contribution in [1.29, 1.82) is 0 Å². The largest absolute Gasteiger partial charge is 0.333 e. The van der Waals surface area contributed by atoms with Crippen molar-refractivity contribution in [3.05, 3.63) is 35.6 Å². The zero-order valence-corrected chi connectivity index (χ0v) is 9.24. The zero-order valence-electron chi connectivity index (χ0n) is 9.24. The summed E-state index contributed by atoms with van der Waals surface area (Å²) < 4.78 is 13.5. The minimum Gasteiger partial charge on any atom is -0.333 e. The third-order valence-electron chi connectivity index (χ3n) is 2.87. The van der Waals surface area contributed by atoms with Crippen LogP contribution in [0.1, 0.15) is 17.3 Å². The molecule has 86 valence electrons. The topological polar surface area (TPSA) is 32.3 Å². The van der Waals surface area contributed by atoms with Gasteiger partial charge in [-0.05, 0) is 19.1 Å². The SMILES string of the molecule is C[C@H]1CNCCN1C(=O)c1ccccc1F. The van der Waals surface area contributed by atoms with Crippen molar-refractivity contribution in [2.75, 3.05) is 19.6 Å². The van der Waals surface area contributed by atoms with E-state index in [0.29, 0.717) is 6.54 Å². The van der Waals surface area contributed by atoms with E-state index in [9.17, 15) is 9.18 Å². The Kier molecular flexibility index (Phi) is 3.19. The van der Waals surface area contributed by atoms with Crippen molar-refractivity contribution in [3.63, 3.8) is 0 Å². The molecule has 0 radical (unpaired) electrons. The third-order valence-corrected chi connectivity index (χ3v) is 2.87. The highest BCUT2D eigenvalue weighted by atomic mass is 19.1. The van der Waals surface area contributed by atoms with Crippen LogP contribution in [0.3, 0.4) is 0 Å². The third kappa shape index (κ3) is 2.07. The van der Waals surface area contributed by atoms with Crippen LogP contribution in [0.4, 0.5) is 4.39 Å². The first-order valence-electron chi connectivity index (χ1n) is 5.46. The number of carbonyl (C=O) groups excluding carboxylic acids is 1. The fourth-order valence-electron chi connectivity index (χ4n) is 1.93. The van der Waals surface area contributed by atoms with E-state index in [2.05, 4.69) is 5.32 Å². The Bertz CT molecular complexity index is 394. The van der Waals surface area contributed by atoms with Gasteiger partial charge >= 0.3 is 0 Å². The molecule has 1 aliphatic rings. The van der Waals surface area contributed by atoms with Gasteiger partial charge in [0.1, 0.15) is 5.82 Å². The van der Waals surface area contributed by atoms with Gasteiger partial charge in [0, 0.05) is 25.7 Å². The fourth-order valence-corrected chi connectivity index (χ4v) is 1.93. The van der Waals surface area contributed by atoms with Crippen molar-refractivity contribution in [2.45, 2.75) is 13.0 Å². The van der Waals surface area contributed by atoms with Gasteiger partial charge < -0.3 is 10.2 Å². The van der Waals surface area contributed by atoms with Gasteiger partial charge in [-0.1, -0.05) is 12.1 Å². The van der Waals surface area contributed by atoms with E-state index in [-0.39, 0.29) is 17.5 Å². The summed E-state index contributed by atoms with van der Waals surface area (Å²) >= 11 is 0. The lowest BCUT2D eigenvalue weighted by Crippen LogP contribution is -2.52. The Morgan fingerprint density at radius 1 is 1.50 bits per heavy atom. The van der Waals surface area contributed by atoms with Gasteiger partial charge in [-0.3, -0.25) is 4.79 Å². The molecule has 1 aliphatic heterocycles. The van der Waals surface area contributed by atoms with Crippen LogP contribution in [0.25, 0.3) is 0 Å². The molecule has 16 heavy (non-hydrogen) atoms. The highest BCUT2D eigenvalue weighted by Gasteiger charge is 2.25. The number of carbonyl (C=O) groups is 1. The van der Waals surface area contributed by atoms with E-state index in [1.54, 1.807) is 17.0 Å².